The summed E-state index contributed by atoms with van der Waals surface area (Å²) in [7, 11) is 6.25. The van der Waals surface area contributed by atoms with Crippen LogP contribution in [-0.2, 0) is 16.9 Å². The number of hydrogen-bond acceptors (Lipinski definition) is 6. The first kappa shape index (κ1) is 42.0. The van der Waals surface area contributed by atoms with Crippen LogP contribution in [0.1, 0.15) is 154 Å². The van der Waals surface area contributed by atoms with Gasteiger partial charge in [0, 0.05) is 19.5 Å². The van der Waals surface area contributed by atoms with Crippen LogP contribution in [0, 0.1) is 5.92 Å². The standard InChI is InChI=1S/C42H73N4O4/c1-41(2,3)50-40(47)45(5)31-23-13-9-11-15-25-33-46(6,32-24-14-10-7-8-12-22-30-43-4)35-38-34-44-39(49-38)42(48,36-26-18-16-19-27-36)37-28-20-17-21-29-37/h16,18-19,26-27,34,37,43,48H,7-15,17,20-25,28-33,35H2,1-6H3/q+1/t42-,46?/m0/s1. The van der Waals surface area contributed by atoms with E-state index in [1.807, 2.05) is 71.4 Å². The van der Waals surface area contributed by atoms with E-state index in [4.69, 9.17) is 14.1 Å². The normalized spacial score (nSPS) is 16.5. The summed E-state index contributed by atoms with van der Waals surface area (Å²) in [6.45, 7) is 10.6. The number of aromatic nitrogens is 1. The summed E-state index contributed by atoms with van der Waals surface area (Å²) in [5.74, 6) is 1.46. The molecule has 0 spiro atoms. The Bertz CT molecular complexity index is 1190. The van der Waals surface area contributed by atoms with Crippen LogP contribution in [0.25, 0.3) is 0 Å². The number of oxazole rings is 1. The SMILES string of the molecule is CNCCCCCCCCC[N+](C)(CCCCCCCCN(C)C(=O)OC(C)(C)C)Cc1cnc([C@](O)(c2ccccc2)C2CCCCC2)o1. The lowest BCUT2D eigenvalue weighted by Gasteiger charge is -2.36. The van der Waals surface area contributed by atoms with Crippen molar-refractivity contribution in [2.24, 2.45) is 5.92 Å². The van der Waals surface area contributed by atoms with Crippen LogP contribution in [-0.4, -0.2) is 78.5 Å². The highest BCUT2D eigenvalue weighted by Crippen LogP contribution is 2.43. The van der Waals surface area contributed by atoms with Crippen molar-refractivity contribution in [1.29, 1.82) is 0 Å². The Hall–Kier alpha value is -2.42. The first-order chi connectivity index (χ1) is 24.0. The van der Waals surface area contributed by atoms with E-state index in [9.17, 15) is 9.90 Å². The van der Waals surface area contributed by atoms with Crippen molar-refractivity contribution in [3.8, 4) is 0 Å². The Labute approximate surface area is 305 Å². The number of unbranched alkanes of at least 4 members (excludes halogenated alkanes) is 11. The summed E-state index contributed by atoms with van der Waals surface area (Å²) in [5.41, 5.74) is -0.765. The van der Waals surface area contributed by atoms with Gasteiger partial charge in [0.1, 0.15) is 12.1 Å². The number of benzene rings is 1. The van der Waals surface area contributed by atoms with Gasteiger partial charge in [0.15, 0.2) is 11.4 Å². The van der Waals surface area contributed by atoms with E-state index in [2.05, 4.69) is 12.4 Å². The summed E-state index contributed by atoms with van der Waals surface area (Å²) in [4.78, 5) is 18.7. The molecule has 3 rings (SSSR count). The maximum atomic E-state index is 12.4. The van der Waals surface area contributed by atoms with Gasteiger partial charge < -0.3 is 29.0 Å². The molecular formula is C42H73N4O4+. The number of hydrogen-bond donors (Lipinski definition) is 2. The second kappa shape index (κ2) is 21.8. The second-order valence-electron chi connectivity index (χ2n) is 16.4. The average molecular weight is 698 g/mol. The molecule has 0 bridgehead atoms. The zero-order valence-corrected chi connectivity index (χ0v) is 32.8. The van der Waals surface area contributed by atoms with Crippen molar-refractivity contribution in [3.05, 3.63) is 53.7 Å². The van der Waals surface area contributed by atoms with Crippen LogP contribution >= 0.6 is 0 Å². The highest BCUT2D eigenvalue weighted by Gasteiger charge is 2.45. The fourth-order valence-electron chi connectivity index (χ4n) is 7.61. The van der Waals surface area contributed by atoms with Gasteiger partial charge in [0.25, 0.3) is 0 Å². The van der Waals surface area contributed by atoms with Gasteiger partial charge in [-0.05, 0) is 91.3 Å². The molecule has 1 heterocycles. The third kappa shape index (κ3) is 14.7. The number of aliphatic hydroxyl groups is 1. The van der Waals surface area contributed by atoms with Gasteiger partial charge in [0.05, 0.1) is 26.3 Å². The van der Waals surface area contributed by atoms with Crippen molar-refractivity contribution in [3.63, 3.8) is 0 Å². The number of nitrogens with one attached hydrogen (secondary N) is 1. The topological polar surface area (TPSA) is 87.8 Å². The fourth-order valence-corrected chi connectivity index (χ4v) is 7.61. The van der Waals surface area contributed by atoms with E-state index in [0.29, 0.717) is 5.89 Å². The molecule has 1 aliphatic rings. The summed E-state index contributed by atoms with van der Waals surface area (Å²) in [5, 5.41) is 15.6. The molecular weight excluding hydrogens is 624 g/mol. The van der Waals surface area contributed by atoms with Crippen molar-refractivity contribution in [2.45, 2.75) is 154 Å². The number of amides is 1. The van der Waals surface area contributed by atoms with E-state index in [1.54, 1.807) is 4.90 Å². The van der Waals surface area contributed by atoms with Gasteiger partial charge in [-0.1, -0.05) is 94.5 Å². The highest BCUT2D eigenvalue weighted by molar-refractivity contribution is 5.67. The first-order valence-electron chi connectivity index (χ1n) is 20.1. The monoisotopic (exact) mass is 698 g/mol. The Balaban J connectivity index is 1.55. The van der Waals surface area contributed by atoms with Gasteiger partial charge in [-0.25, -0.2) is 9.78 Å². The van der Waals surface area contributed by atoms with Crippen LogP contribution in [0.2, 0.25) is 0 Å². The molecule has 2 aromatic rings. The molecule has 1 aromatic heterocycles. The maximum absolute atomic E-state index is 12.4. The lowest BCUT2D eigenvalue weighted by atomic mass is 9.73. The van der Waals surface area contributed by atoms with E-state index in [-0.39, 0.29) is 12.0 Å². The van der Waals surface area contributed by atoms with Crippen LogP contribution in [0.5, 0.6) is 0 Å². The number of nitrogens with zero attached hydrogens (tertiary/aromatic N) is 3. The number of carbonyl (C=O) groups is 1. The number of carbonyl (C=O) groups excluding carboxylic acids is 1. The molecule has 1 amide bonds. The summed E-state index contributed by atoms with van der Waals surface area (Å²) >= 11 is 0. The Kier molecular flexibility index (Phi) is 18.3. The quantitative estimate of drug-likeness (QED) is 0.0839. The molecule has 1 unspecified atom stereocenters. The lowest BCUT2D eigenvalue weighted by Crippen LogP contribution is -2.44. The number of quaternary nitrogens is 1. The third-order valence-corrected chi connectivity index (χ3v) is 10.6. The average Bonchev–Trinajstić information content (AvgIpc) is 3.56. The van der Waals surface area contributed by atoms with Crippen molar-refractivity contribution >= 4 is 6.09 Å². The molecule has 284 valence electrons. The summed E-state index contributed by atoms with van der Waals surface area (Å²) in [6, 6.07) is 10.1. The smallest absolute Gasteiger partial charge is 0.410 e. The fraction of sp³-hybridized carbons (Fsp3) is 0.762. The Morgan fingerprint density at radius 2 is 1.46 bits per heavy atom. The minimum atomic E-state index is -1.20. The molecule has 0 saturated heterocycles. The predicted molar refractivity (Wildman–Crippen MR) is 205 cm³/mol. The largest absolute Gasteiger partial charge is 0.444 e. The lowest BCUT2D eigenvalue weighted by molar-refractivity contribution is -0.924. The Morgan fingerprint density at radius 1 is 0.900 bits per heavy atom. The highest BCUT2D eigenvalue weighted by atomic mass is 16.6. The van der Waals surface area contributed by atoms with E-state index in [1.165, 1.54) is 77.0 Å². The molecule has 50 heavy (non-hydrogen) atoms. The number of rotatable bonds is 24. The van der Waals surface area contributed by atoms with Gasteiger partial charge in [-0.15, -0.1) is 0 Å². The molecule has 0 radical (unpaired) electrons. The molecule has 2 N–H and O–H groups in total. The van der Waals surface area contributed by atoms with E-state index >= 15 is 0 Å². The number of ether oxygens (including phenoxy) is 1. The first-order valence-corrected chi connectivity index (χ1v) is 20.1. The van der Waals surface area contributed by atoms with E-state index < -0.39 is 11.2 Å². The zero-order valence-electron chi connectivity index (χ0n) is 32.8. The van der Waals surface area contributed by atoms with Crippen molar-refractivity contribution in [2.75, 3.05) is 47.3 Å². The molecule has 1 aliphatic carbocycles. The molecule has 0 aliphatic heterocycles. The minimum Gasteiger partial charge on any atom is -0.444 e. The summed E-state index contributed by atoms with van der Waals surface area (Å²) < 4.78 is 13.0. The van der Waals surface area contributed by atoms with Gasteiger partial charge in [0.2, 0.25) is 5.89 Å². The molecule has 1 aromatic carbocycles. The molecule has 8 nitrogen and oxygen atoms in total. The van der Waals surface area contributed by atoms with Gasteiger partial charge >= 0.3 is 6.09 Å². The van der Waals surface area contributed by atoms with Crippen LogP contribution in [0.15, 0.2) is 40.9 Å². The molecule has 2 atom stereocenters. The summed E-state index contributed by atoms with van der Waals surface area (Å²) in [6.07, 6.45) is 23.1. The van der Waals surface area contributed by atoms with E-state index in [0.717, 1.165) is 87.1 Å². The second-order valence-corrected chi connectivity index (χ2v) is 16.4. The van der Waals surface area contributed by atoms with Crippen LogP contribution < -0.4 is 5.32 Å². The van der Waals surface area contributed by atoms with Crippen molar-refractivity contribution in [1.82, 2.24) is 15.2 Å². The minimum absolute atomic E-state index is 0.113. The molecule has 1 fully saturated rings. The van der Waals surface area contributed by atoms with Gasteiger partial charge in [-0.2, -0.15) is 0 Å². The van der Waals surface area contributed by atoms with Gasteiger partial charge in [-0.3, -0.25) is 0 Å². The third-order valence-electron chi connectivity index (χ3n) is 10.6. The van der Waals surface area contributed by atoms with Crippen molar-refractivity contribution < 1.29 is 23.5 Å². The molecule has 1 saturated carbocycles. The van der Waals surface area contributed by atoms with Crippen LogP contribution in [0.3, 0.4) is 0 Å². The van der Waals surface area contributed by atoms with Crippen LogP contribution in [0.4, 0.5) is 4.79 Å². The zero-order chi connectivity index (χ0) is 36.3. The predicted octanol–water partition coefficient (Wildman–Crippen LogP) is 9.60. The molecule has 8 heteroatoms. The maximum Gasteiger partial charge on any atom is 0.410 e. The Morgan fingerprint density at radius 3 is 2.04 bits per heavy atom.